The molecule has 0 amide bonds. The number of aromatic nitrogens is 4. The minimum absolute atomic E-state index is 0.101. The Morgan fingerprint density at radius 2 is 1.82 bits per heavy atom. The third kappa shape index (κ3) is 3.20. The molecule has 0 unspecified atom stereocenters. The zero-order chi connectivity index (χ0) is 20.4. The number of rotatable bonds is 5. The van der Waals surface area contributed by atoms with Crippen molar-refractivity contribution in [2.45, 2.75) is 5.03 Å². The average Bonchev–Trinajstić information content (AvgIpc) is 2.73. The van der Waals surface area contributed by atoms with Gasteiger partial charge < -0.3 is 9.47 Å². The normalized spacial score (nSPS) is 10.7. The van der Waals surface area contributed by atoms with Gasteiger partial charge in [0, 0.05) is 19.7 Å². The van der Waals surface area contributed by atoms with Gasteiger partial charge >= 0.3 is 5.69 Å². The first-order valence-electron chi connectivity index (χ1n) is 8.12. The van der Waals surface area contributed by atoms with Crippen molar-refractivity contribution >= 4 is 22.8 Å². The molecule has 0 N–H and O–H groups in total. The summed E-state index contributed by atoms with van der Waals surface area (Å²) in [5.41, 5.74) is -0.178. The lowest BCUT2D eigenvalue weighted by Gasteiger charge is -2.12. The van der Waals surface area contributed by atoms with Crippen LogP contribution in [0.5, 0.6) is 11.5 Å². The highest BCUT2D eigenvalue weighted by atomic mass is 32.2. The molecular weight excluding hydrogens is 382 g/mol. The lowest BCUT2D eigenvalue weighted by atomic mass is 10.2. The van der Waals surface area contributed by atoms with Gasteiger partial charge in [-0.15, -0.1) is 0 Å². The summed E-state index contributed by atoms with van der Waals surface area (Å²) in [4.78, 5) is 33.9. The monoisotopic (exact) mass is 399 g/mol. The molecular formula is C18H17N5O4S. The van der Waals surface area contributed by atoms with Crippen molar-refractivity contribution in [2.75, 3.05) is 20.0 Å². The molecule has 0 saturated carbocycles. The summed E-state index contributed by atoms with van der Waals surface area (Å²) in [6, 6.07) is 7.19. The maximum Gasteiger partial charge on any atom is 0.332 e. The van der Waals surface area contributed by atoms with E-state index in [1.165, 1.54) is 32.9 Å². The number of benzene rings is 1. The molecule has 0 saturated heterocycles. The Morgan fingerprint density at radius 1 is 1.11 bits per heavy atom. The molecule has 0 aliphatic rings. The molecule has 0 atom stereocenters. The highest BCUT2D eigenvalue weighted by Gasteiger charge is 2.19. The highest BCUT2D eigenvalue weighted by Crippen LogP contribution is 2.32. The smallest absolute Gasteiger partial charge is 0.332 e. The maximum absolute atomic E-state index is 12.7. The highest BCUT2D eigenvalue weighted by molar-refractivity contribution is 7.99. The molecule has 0 spiro atoms. The first-order valence-corrected chi connectivity index (χ1v) is 9.11. The molecule has 2 heterocycles. The van der Waals surface area contributed by atoms with Gasteiger partial charge in [-0.1, -0.05) is 11.8 Å². The molecule has 0 bridgehead atoms. The van der Waals surface area contributed by atoms with Crippen LogP contribution in [-0.4, -0.2) is 39.1 Å². The molecule has 1 aromatic carbocycles. The number of methoxy groups -OCH3 is 2. The van der Waals surface area contributed by atoms with Crippen LogP contribution in [0, 0.1) is 11.3 Å². The van der Waals surface area contributed by atoms with E-state index >= 15 is 0 Å². The van der Waals surface area contributed by atoms with Crippen LogP contribution in [0.4, 0.5) is 0 Å². The zero-order valence-electron chi connectivity index (χ0n) is 15.7. The van der Waals surface area contributed by atoms with Crippen molar-refractivity contribution in [1.29, 1.82) is 5.26 Å². The van der Waals surface area contributed by atoms with Crippen LogP contribution in [0.15, 0.2) is 32.8 Å². The number of fused-ring (bicyclic) bond motifs is 1. The summed E-state index contributed by atoms with van der Waals surface area (Å²) in [5.74, 6) is 1.45. The lowest BCUT2D eigenvalue weighted by molar-refractivity contribution is 0.355. The summed E-state index contributed by atoms with van der Waals surface area (Å²) in [6.07, 6.45) is 0. The zero-order valence-corrected chi connectivity index (χ0v) is 16.5. The minimum atomic E-state index is -0.502. The first kappa shape index (κ1) is 19.4. The van der Waals surface area contributed by atoms with E-state index in [0.717, 1.165) is 16.3 Å². The standard InChI is InChI=1S/C18H17N5O4S/c1-22-15-13(17(24)23(2)18(22)25)16(28-8-7-19)21-14(20-15)10-5-6-11(26-3)12(9-10)27-4/h5-6,9H,8H2,1-4H3. The fourth-order valence-corrected chi connectivity index (χ4v) is 3.41. The summed E-state index contributed by atoms with van der Waals surface area (Å²) in [7, 11) is 5.98. The number of ether oxygens (including phenoxy) is 2. The molecule has 0 aliphatic carbocycles. The SMILES string of the molecule is COc1ccc(-c2nc(SCC#N)c3c(=O)n(C)c(=O)n(C)c3n2)cc1OC. The van der Waals surface area contributed by atoms with E-state index in [4.69, 9.17) is 14.7 Å². The van der Waals surface area contributed by atoms with E-state index in [1.807, 2.05) is 6.07 Å². The fourth-order valence-electron chi connectivity index (χ4n) is 2.74. The van der Waals surface area contributed by atoms with Gasteiger partial charge in [0.05, 0.1) is 26.0 Å². The Kier molecular flexibility index (Phi) is 5.37. The summed E-state index contributed by atoms with van der Waals surface area (Å²) < 4.78 is 12.9. The van der Waals surface area contributed by atoms with Crippen LogP contribution in [0.1, 0.15) is 0 Å². The van der Waals surface area contributed by atoms with Crippen molar-refractivity contribution < 1.29 is 9.47 Å². The second-order valence-electron chi connectivity index (χ2n) is 5.77. The van der Waals surface area contributed by atoms with E-state index < -0.39 is 11.2 Å². The molecule has 0 radical (unpaired) electrons. The molecule has 144 valence electrons. The predicted molar refractivity (Wildman–Crippen MR) is 105 cm³/mol. The summed E-state index contributed by atoms with van der Waals surface area (Å²) in [6.45, 7) is 0. The number of nitrogens with zero attached hydrogens (tertiary/aromatic N) is 5. The van der Waals surface area contributed by atoms with Crippen LogP contribution in [0.3, 0.4) is 0 Å². The van der Waals surface area contributed by atoms with E-state index in [0.29, 0.717) is 27.9 Å². The van der Waals surface area contributed by atoms with Gasteiger partial charge in [0.15, 0.2) is 23.0 Å². The van der Waals surface area contributed by atoms with Crippen LogP contribution in [0.25, 0.3) is 22.4 Å². The Balaban J connectivity index is 2.35. The number of thioether (sulfide) groups is 1. The number of nitriles is 1. The third-order valence-electron chi connectivity index (χ3n) is 4.18. The van der Waals surface area contributed by atoms with E-state index in [-0.39, 0.29) is 16.8 Å². The van der Waals surface area contributed by atoms with E-state index in [1.54, 1.807) is 18.2 Å². The van der Waals surface area contributed by atoms with Gasteiger partial charge in [-0.2, -0.15) is 5.26 Å². The minimum Gasteiger partial charge on any atom is -0.493 e. The summed E-state index contributed by atoms with van der Waals surface area (Å²) in [5, 5.41) is 9.49. The predicted octanol–water partition coefficient (Wildman–Crippen LogP) is 1.33. The molecule has 3 rings (SSSR count). The molecule has 2 aromatic heterocycles. The van der Waals surface area contributed by atoms with Crippen molar-refractivity contribution in [3.05, 3.63) is 39.0 Å². The number of aryl methyl sites for hydroxylation is 1. The van der Waals surface area contributed by atoms with Crippen molar-refractivity contribution in [3.63, 3.8) is 0 Å². The Bertz CT molecular complexity index is 1230. The van der Waals surface area contributed by atoms with Gasteiger partial charge in [-0.25, -0.2) is 14.8 Å². The van der Waals surface area contributed by atoms with Crippen LogP contribution < -0.4 is 20.7 Å². The van der Waals surface area contributed by atoms with Crippen LogP contribution in [-0.2, 0) is 14.1 Å². The van der Waals surface area contributed by atoms with Crippen LogP contribution >= 0.6 is 11.8 Å². The van der Waals surface area contributed by atoms with Gasteiger partial charge in [-0.3, -0.25) is 13.9 Å². The molecule has 28 heavy (non-hydrogen) atoms. The maximum atomic E-state index is 12.7. The first-order chi connectivity index (χ1) is 13.4. The number of hydrogen-bond acceptors (Lipinski definition) is 8. The quantitative estimate of drug-likeness (QED) is 0.466. The second-order valence-corrected chi connectivity index (χ2v) is 6.74. The topological polar surface area (TPSA) is 112 Å². The average molecular weight is 399 g/mol. The third-order valence-corrected chi connectivity index (χ3v) is 5.02. The van der Waals surface area contributed by atoms with Crippen LogP contribution in [0.2, 0.25) is 0 Å². The van der Waals surface area contributed by atoms with Gasteiger partial charge in [-0.05, 0) is 18.2 Å². The molecule has 3 aromatic rings. The molecule has 10 heteroatoms. The second kappa shape index (κ2) is 7.74. The van der Waals surface area contributed by atoms with Gasteiger partial charge in [0.25, 0.3) is 5.56 Å². The van der Waals surface area contributed by atoms with Gasteiger partial charge in [0.2, 0.25) is 0 Å². The van der Waals surface area contributed by atoms with E-state index in [9.17, 15) is 9.59 Å². The fraction of sp³-hybridized carbons (Fsp3) is 0.278. The van der Waals surface area contributed by atoms with Crippen molar-refractivity contribution in [2.24, 2.45) is 14.1 Å². The largest absolute Gasteiger partial charge is 0.493 e. The van der Waals surface area contributed by atoms with Gasteiger partial charge in [0.1, 0.15) is 10.4 Å². The van der Waals surface area contributed by atoms with Crippen molar-refractivity contribution in [1.82, 2.24) is 19.1 Å². The Morgan fingerprint density at radius 3 is 2.46 bits per heavy atom. The number of hydrogen-bond donors (Lipinski definition) is 0. The molecule has 9 nitrogen and oxygen atoms in total. The Labute approximate surface area is 164 Å². The Hall–Kier alpha value is -3.32. The molecule has 0 aliphatic heterocycles. The molecule has 0 fully saturated rings. The van der Waals surface area contributed by atoms with Crippen molar-refractivity contribution in [3.8, 4) is 29.0 Å². The van der Waals surface area contributed by atoms with E-state index in [2.05, 4.69) is 9.97 Å². The summed E-state index contributed by atoms with van der Waals surface area (Å²) >= 11 is 1.12. The lowest BCUT2D eigenvalue weighted by Crippen LogP contribution is -2.37.